The third-order valence-corrected chi connectivity index (χ3v) is 5.08. The zero-order chi connectivity index (χ0) is 29.2. The largest absolute Gasteiger partial charge is 0.0999 e. The Balaban J connectivity index is -0.0000000387. The molecule has 232 valence electrons. The Morgan fingerprint density at radius 2 is 0.917 bits per heavy atom. The maximum absolute atomic E-state index is 4.04. The fourth-order valence-corrected chi connectivity index (χ4v) is 1.93. The van der Waals surface area contributed by atoms with Gasteiger partial charge in [-0.15, -0.1) is 0 Å². The van der Waals surface area contributed by atoms with Gasteiger partial charge in [-0.3, -0.25) is 0 Å². The minimum atomic E-state index is 0. The highest BCUT2D eigenvalue weighted by atomic mass is 14.2. The molecule has 0 aliphatic rings. The Bertz CT molecular complexity index is 280. The summed E-state index contributed by atoms with van der Waals surface area (Å²) >= 11 is 0. The van der Waals surface area contributed by atoms with Crippen LogP contribution >= 0.6 is 0 Å². The molecule has 1 atom stereocenters. The molecule has 0 bridgehead atoms. The number of allylic oxidation sites excluding steroid dienone is 1. The number of hydrogen-bond donors (Lipinski definition) is 0. The van der Waals surface area contributed by atoms with Crippen molar-refractivity contribution in [3.63, 3.8) is 0 Å². The van der Waals surface area contributed by atoms with Crippen LogP contribution in [0.5, 0.6) is 0 Å². The van der Waals surface area contributed by atoms with Gasteiger partial charge in [0.1, 0.15) is 0 Å². The van der Waals surface area contributed by atoms with Crippen LogP contribution in [0.4, 0.5) is 0 Å². The van der Waals surface area contributed by atoms with Gasteiger partial charge in [-0.1, -0.05) is 197 Å². The van der Waals surface area contributed by atoms with E-state index in [4.69, 9.17) is 0 Å². The summed E-state index contributed by atoms with van der Waals surface area (Å²) in [6.45, 7) is 45.3. The minimum Gasteiger partial charge on any atom is -0.0999 e. The van der Waals surface area contributed by atoms with Crippen LogP contribution in [0.1, 0.15) is 211 Å². The maximum Gasteiger partial charge on any atom is -0.0211 e. The van der Waals surface area contributed by atoms with Gasteiger partial charge >= 0.3 is 0 Å². The lowest BCUT2D eigenvalue weighted by Crippen LogP contribution is -2.07. The maximum atomic E-state index is 4.04. The molecule has 0 aromatic rings. The average Bonchev–Trinajstić information content (AvgIpc) is 2.80. The van der Waals surface area contributed by atoms with Gasteiger partial charge in [-0.05, 0) is 42.9 Å². The highest BCUT2D eigenvalue weighted by Crippen LogP contribution is 2.26. The Hall–Kier alpha value is -0.260. The number of hydrogen-bond acceptors (Lipinski definition) is 0. The van der Waals surface area contributed by atoms with Crippen LogP contribution in [0, 0.1) is 16.7 Å². The van der Waals surface area contributed by atoms with Gasteiger partial charge in [0.15, 0.2) is 0 Å². The van der Waals surface area contributed by atoms with Gasteiger partial charge in [0.2, 0.25) is 0 Å². The summed E-state index contributed by atoms with van der Waals surface area (Å²) in [6.07, 6.45) is 13.0. The molecule has 0 radical (unpaired) electrons. The van der Waals surface area contributed by atoms with Crippen molar-refractivity contribution >= 4 is 0 Å². The van der Waals surface area contributed by atoms with Crippen LogP contribution in [0.3, 0.4) is 0 Å². The molecule has 1 unspecified atom stereocenters. The van der Waals surface area contributed by atoms with Gasteiger partial charge in [-0.25, -0.2) is 0 Å². The first kappa shape index (κ1) is 60.3. The summed E-state index contributed by atoms with van der Waals surface area (Å²) in [5, 5.41) is 0. The molecular formula is C36H88. The normalized spacial score (nSPS) is 9.64. The van der Waals surface area contributed by atoms with Gasteiger partial charge in [0, 0.05) is 0 Å². The van der Waals surface area contributed by atoms with Crippen LogP contribution < -0.4 is 0 Å². The molecule has 0 aliphatic carbocycles. The SMILES string of the molecule is C.C.C=C(C)C(CC)CCCC(C)(C)C.CC.CC.CCC.CCC.CCC(C)(C)CC.CCCC. The molecule has 0 aliphatic heterocycles. The quantitative estimate of drug-likeness (QED) is 0.279. The monoisotopic (exact) mass is 521 g/mol. The molecule has 0 nitrogen and oxygen atoms in total. The second-order valence-corrected chi connectivity index (χ2v) is 10.7. The summed E-state index contributed by atoms with van der Waals surface area (Å²) in [5.74, 6) is 0.752. The summed E-state index contributed by atoms with van der Waals surface area (Å²) in [4.78, 5) is 0. The fraction of sp³-hybridized carbons (Fsp3) is 0.944. The van der Waals surface area contributed by atoms with Crippen LogP contribution in [0.25, 0.3) is 0 Å². The Morgan fingerprint density at radius 1 is 0.639 bits per heavy atom. The fourth-order valence-electron chi connectivity index (χ4n) is 1.93. The van der Waals surface area contributed by atoms with Crippen molar-refractivity contribution in [1.29, 1.82) is 0 Å². The molecular weight excluding hydrogens is 432 g/mol. The van der Waals surface area contributed by atoms with E-state index in [1.807, 2.05) is 27.7 Å². The molecule has 0 N–H and O–H groups in total. The lowest BCUT2D eigenvalue weighted by molar-refractivity contribution is 0.338. The van der Waals surface area contributed by atoms with E-state index >= 15 is 0 Å². The van der Waals surface area contributed by atoms with E-state index in [1.54, 1.807) is 0 Å². The van der Waals surface area contributed by atoms with E-state index in [0.717, 1.165) is 5.92 Å². The van der Waals surface area contributed by atoms with Crippen LogP contribution in [0.2, 0.25) is 0 Å². The molecule has 0 fully saturated rings. The summed E-state index contributed by atoms with van der Waals surface area (Å²) in [5.41, 5.74) is 2.43. The lowest BCUT2D eigenvalue weighted by atomic mass is 9.86. The van der Waals surface area contributed by atoms with Gasteiger partial charge in [0.05, 0.1) is 0 Å². The Kier molecular flexibility index (Phi) is 86.1. The summed E-state index contributed by atoms with van der Waals surface area (Å²) in [6, 6.07) is 0. The van der Waals surface area contributed by atoms with Crippen molar-refractivity contribution in [2.75, 3.05) is 0 Å². The van der Waals surface area contributed by atoms with E-state index in [0.29, 0.717) is 10.8 Å². The predicted molar refractivity (Wildman–Crippen MR) is 185 cm³/mol. The van der Waals surface area contributed by atoms with Gasteiger partial charge in [-0.2, -0.15) is 0 Å². The third-order valence-electron chi connectivity index (χ3n) is 5.08. The topological polar surface area (TPSA) is 0 Å². The summed E-state index contributed by atoms with van der Waals surface area (Å²) in [7, 11) is 0. The minimum absolute atomic E-state index is 0. The van der Waals surface area contributed by atoms with E-state index in [9.17, 15) is 0 Å². The zero-order valence-corrected chi connectivity index (χ0v) is 28.9. The highest BCUT2D eigenvalue weighted by Gasteiger charge is 2.12. The molecule has 0 heterocycles. The third kappa shape index (κ3) is 92.8. The molecule has 0 spiro atoms. The molecule has 36 heavy (non-hydrogen) atoms. The van der Waals surface area contributed by atoms with E-state index < -0.39 is 0 Å². The first-order valence-corrected chi connectivity index (χ1v) is 15.4. The van der Waals surface area contributed by atoms with Crippen molar-refractivity contribution in [3.05, 3.63) is 12.2 Å². The van der Waals surface area contributed by atoms with Crippen molar-refractivity contribution in [2.24, 2.45) is 16.7 Å². The molecule has 0 aromatic heterocycles. The second kappa shape index (κ2) is 51.4. The molecule has 0 aromatic carbocycles. The van der Waals surface area contributed by atoms with Crippen molar-refractivity contribution in [3.8, 4) is 0 Å². The first-order chi connectivity index (χ1) is 15.7. The van der Waals surface area contributed by atoms with Gasteiger partial charge in [0.25, 0.3) is 0 Å². The lowest BCUT2D eigenvalue weighted by Gasteiger charge is -2.20. The molecule has 0 saturated carbocycles. The predicted octanol–water partition coefficient (Wildman–Crippen LogP) is 15.6. The van der Waals surface area contributed by atoms with Crippen molar-refractivity contribution in [1.82, 2.24) is 0 Å². The second-order valence-electron chi connectivity index (χ2n) is 10.7. The van der Waals surface area contributed by atoms with Crippen LogP contribution in [-0.4, -0.2) is 0 Å². The standard InChI is InChI=1S/C13H26.C7H16.C4H10.2C3H8.2C2H6.2CH4/c1-7-12(11(2)3)9-8-10-13(4,5)6;1-5-7(3,4)6-2;1-3-4-2;2*1-3-2;2*1-2;;/h12H,2,7-10H2,1,3-6H3;5-6H2,1-4H3;3-4H2,1-2H3;2*3H2,1-2H3;2*1-2H3;2*1H4. The van der Waals surface area contributed by atoms with E-state index in [2.05, 4.69) is 110 Å². The van der Waals surface area contributed by atoms with E-state index in [-0.39, 0.29) is 14.9 Å². The number of unbranched alkanes of at least 4 members (excludes halogenated alkanes) is 1. The average molecular weight is 521 g/mol. The molecule has 0 amide bonds. The smallest absolute Gasteiger partial charge is 0.0211 e. The molecule has 0 saturated heterocycles. The molecule has 0 rings (SSSR count). The summed E-state index contributed by atoms with van der Waals surface area (Å²) < 4.78 is 0. The van der Waals surface area contributed by atoms with Crippen LogP contribution in [-0.2, 0) is 0 Å². The van der Waals surface area contributed by atoms with E-state index in [1.165, 1.54) is 69.8 Å². The Labute approximate surface area is 239 Å². The Morgan fingerprint density at radius 3 is 1.03 bits per heavy atom. The van der Waals surface area contributed by atoms with Crippen molar-refractivity contribution < 1.29 is 0 Å². The molecule has 0 heteroatoms. The number of rotatable bonds is 8. The zero-order valence-electron chi connectivity index (χ0n) is 28.9. The highest BCUT2D eigenvalue weighted by molar-refractivity contribution is 4.95. The first-order valence-electron chi connectivity index (χ1n) is 15.4. The van der Waals surface area contributed by atoms with Gasteiger partial charge < -0.3 is 0 Å². The van der Waals surface area contributed by atoms with Crippen molar-refractivity contribution in [2.45, 2.75) is 211 Å². The van der Waals surface area contributed by atoms with Crippen LogP contribution in [0.15, 0.2) is 12.2 Å².